The van der Waals surface area contributed by atoms with Gasteiger partial charge in [0.25, 0.3) is 0 Å². The zero-order valence-electron chi connectivity index (χ0n) is 8.89. The minimum Gasteiger partial charge on any atom is -0.277 e. The highest BCUT2D eigenvalue weighted by atomic mass is 32.2. The van der Waals surface area contributed by atoms with Gasteiger partial charge in [-0.1, -0.05) is 0 Å². The fourth-order valence-corrected chi connectivity index (χ4v) is 2.54. The Bertz CT molecular complexity index is 421. The number of carbonyl (C=O) groups excluding carboxylic acids is 3. The number of imide groups is 2. The minimum absolute atomic E-state index is 0.319. The van der Waals surface area contributed by atoms with Crippen LogP contribution in [0.3, 0.4) is 0 Å². The topological polar surface area (TPSA) is 101 Å². The molecule has 0 aromatic carbocycles. The third-order valence-corrected chi connectivity index (χ3v) is 3.12. The average molecular weight is 248 g/mol. The second-order valence-electron chi connectivity index (χ2n) is 3.74. The highest BCUT2D eigenvalue weighted by Crippen LogP contribution is 2.09. The molecule has 90 valence electrons. The van der Waals surface area contributed by atoms with E-state index in [1.807, 2.05) is 5.32 Å². The number of rotatable bonds is 3. The summed E-state index contributed by atoms with van der Waals surface area (Å²) in [6.07, 6.45) is 0.584. The van der Waals surface area contributed by atoms with Crippen molar-refractivity contribution in [3.05, 3.63) is 0 Å². The van der Waals surface area contributed by atoms with Crippen LogP contribution in [-0.4, -0.2) is 49.2 Å². The molecule has 1 saturated heterocycles. The number of nitrogens with one attached hydrogen (secondary N) is 1. The Labute approximate surface area is 92.7 Å². The Hall–Kier alpha value is -1.44. The zero-order valence-corrected chi connectivity index (χ0v) is 9.70. The van der Waals surface area contributed by atoms with E-state index in [9.17, 15) is 22.8 Å². The van der Waals surface area contributed by atoms with Gasteiger partial charge in [0, 0.05) is 6.26 Å². The predicted octanol–water partition coefficient (Wildman–Crippen LogP) is -1.11. The molecule has 1 fully saturated rings. The summed E-state index contributed by atoms with van der Waals surface area (Å²) in [5.74, 6) is -1.66. The quantitative estimate of drug-likeness (QED) is 0.638. The van der Waals surface area contributed by atoms with Gasteiger partial charge in [0.15, 0.2) is 0 Å². The number of urea groups is 1. The average Bonchev–Trinajstić information content (AvgIpc) is 1.96. The summed E-state index contributed by atoms with van der Waals surface area (Å²) in [6.45, 7) is 1.44. The van der Waals surface area contributed by atoms with Crippen LogP contribution in [0.25, 0.3) is 0 Å². The normalized spacial score (nSPS) is 19.6. The fourth-order valence-electron chi connectivity index (χ4n) is 1.52. The molecule has 0 saturated carbocycles. The molecule has 1 aliphatic rings. The van der Waals surface area contributed by atoms with Crippen LogP contribution in [0.2, 0.25) is 0 Å². The van der Waals surface area contributed by atoms with Gasteiger partial charge in [0.1, 0.15) is 16.3 Å². The van der Waals surface area contributed by atoms with Crippen molar-refractivity contribution in [1.29, 1.82) is 0 Å². The highest BCUT2D eigenvalue weighted by Gasteiger charge is 2.35. The van der Waals surface area contributed by atoms with E-state index in [4.69, 9.17) is 0 Å². The molecular formula is C8H12N2O5S. The monoisotopic (exact) mass is 248 g/mol. The lowest BCUT2D eigenvalue weighted by atomic mass is 10.2. The van der Waals surface area contributed by atoms with Crippen LogP contribution in [0.4, 0.5) is 4.79 Å². The van der Waals surface area contributed by atoms with Crippen molar-refractivity contribution in [1.82, 2.24) is 10.2 Å². The van der Waals surface area contributed by atoms with Crippen molar-refractivity contribution in [2.24, 2.45) is 0 Å². The second kappa shape index (κ2) is 4.20. The van der Waals surface area contributed by atoms with Gasteiger partial charge in [0.05, 0.1) is 11.8 Å². The number of amides is 4. The first-order valence-electron chi connectivity index (χ1n) is 4.54. The van der Waals surface area contributed by atoms with E-state index in [1.165, 1.54) is 6.92 Å². The van der Waals surface area contributed by atoms with Crippen LogP contribution in [0, 0.1) is 0 Å². The van der Waals surface area contributed by atoms with Gasteiger partial charge >= 0.3 is 6.03 Å². The lowest BCUT2D eigenvalue weighted by molar-refractivity contribution is -0.137. The lowest BCUT2D eigenvalue weighted by Gasteiger charge is -2.29. The molecule has 8 heteroatoms. The first-order valence-corrected chi connectivity index (χ1v) is 6.60. The van der Waals surface area contributed by atoms with E-state index >= 15 is 0 Å². The van der Waals surface area contributed by atoms with Crippen molar-refractivity contribution in [3.63, 3.8) is 0 Å². The molecule has 0 bridgehead atoms. The maximum Gasteiger partial charge on any atom is 0.331 e. The Morgan fingerprint density at radius 3 is 2.38 bits per heavy atom. The molecule has 1 heterocycles. The van der Waals surface area contributed by atoms with Gasteiger partial charge in [-0.05, 0) is 6.92 Å². The maximum absolute atomic E-state index is 11.4. The predicted molar refractivity (Wildman–Crippen MR) is 54.2 cm³/mol. The number of carbonyl (C=O) groups is 3. The number of hydrogen-bond acceptors (Lipinski definition) is 5. The highest BCUT2D eigenvalue weighted by molar-refractivity contribution is 7.90. The van der Waals surface area contributed by atoms with Crippen LogP contribution < -0.4 is 5.32 Å². The van der Waals surface area contributed by atoms with Gasteiger partial charge in [-0.2, -0.15) is 0 Å². The summed E-state index contributed by atoms with van der Waals surface area (Å²) in [6, 6.07) is -1.65. The van der Waals surface area contributed by atoms with E-state index in [0.717, 1.165) is 11.2 Å². The van der Waals surface area contributed by atoms with Gasteiger partial charge < -0.3 is 0 Å². The SMILES string of the molecule is CC(CS(C)(=O)=O)N1C(=O)CC(=O)NC1=O. The summed E-state index contributed by atoms with van der Waals surface area (Å²) in [5.41, 5.74) is 0. The Kier molecular flexibility index (Phi) is 3.32. The van der Waals surface area contributed by atoms with E-state index < -0.39 is 40.1 Å². The summed E-state index contributed by atoms with van der Waals surface area (Å²) < 4.78 is 22.1. The standard InChI is InChI=1S/C8H12N2O5S/c1-5(4-16(2,14)15)10-7(12)3-6(11)9-8(10)13/h5H,3-4H2,1-2H3,(H,9,11,13). The third kappa shape index (κ3) is 3.02. The Balaban J connectivity index is 2.83. The summed E-state index contributed by atoms with van der Waals surface area (Å²) in [4.78, 5) is 34.3. The summed E-state index contributed by atoms with van der Waals surface area (Å²) in [7, 11) is -3.29. The zero-order chi connectivity index (χ0) is 12.5. The molecule has 7 nitrogen and oxygen atoms in total. The molecule has 0 spiro atoms. The molecule has 1 unspecified atom stereocenters. The van der Waals surface area contributed by atoms with E-state index in [0.29, 0.717) is 0 Å². The Morgan fingerprint density at radius 2 is 1.94 bits per heavy atom. The minimum atomic E-state index is -3.29. The molecule has 0 aromatic rings. The Morgan fingerprint density at radius 1 is 1.38 bits per heavy atom. The van der Waals surface area contributed by atoms with E-state index in [2.05, 4.69) is 0 Å². The molecule has 4 amide bonds. The number of barbiturate groups is 1. The molecule has 1 atom stereocenters. The molecule has 1 N–H and O–H groups in total. The van der Waals surface area contributed by atoms with Crippen molar-refractivity contribution in [3.8, 4) is 0 Å². The van der Waals surface area contributed by atoms with Crippen molar-refractivity contribution in [2.45, 2.75) is 19.4 Å². The molecule has 0 aromatic heterocycles. The first-order chi connectivity index (χ1) is 7.20. The van der Waals surface area contributed by atoms with Crippen molar-refractivity contribution >= 4 is 27.7 Å². The van der Waals surface area contributed by atoms with Crippen LogP contribution in [0.1, 0.15) is 13.3 Å². The third-order valence-electron chi connectivity index (χ3n) is 2.03. The van der Waals surface area contributed by atoms with Crippen LogP contribution in [0.5, 0.6) is 0 Å². The summed E-state index contributed by atoms with van der Waals surface area (Å²) >= 11 is 0. The molecule has 1 rings (SSSR count). The van der Waals surface area contributed by atoms with Crippen LogP contribution in [0.15, 0.2) is 0 Å². The number of sulfone groups is 1. The molecule has 1 aliphatic heterocycles. The van der Waals surface area contributed by atoms with Gasteiger partial charge in [-0.3, -0.25) is 19.8 Å². The molecule has 16 heavy (non-hydrogen) atoms. The van der Waals surface area contributed by atoms with Crippen molar-refractivity contribution in [2.75, 3.05) is 12.0 Å². The molecule has 0 radical (unpaired) electrons. The fraction of sp³-hybridized carbons (Fsp3) is 0.625. The lowest BCUT2D eigenvalue weighted by Crippen LogP contribution is -2.57. The van der Waals surface area contributed by atoms with Gasteiger partial charge in [-0.15, -0.1) is 0 Å². The van der Waals surface area contributed by atoms with Gasteiger partial charge in [-0.25, -0.2) is 13.2 Å². The number of hydrogen-bond donors (Lipinski definition) is 1. The first kappa shape index (κ1) is 12.6. The van der Waals surface area contributed by atoms with E-state index in [-0.39, 0.29) is 5.75 Å². The number of nitrogens with zero attached hydrogens (tertiary/aromatic N) is 1. The molecular weight excluding hydrogens is 236 g/mol. The van der Waals surface area contributed by atoms with Crippen molar-refractivity contribution < 1.29 is 22.8 Å². The smallest absolute Gasteiger partial charge is 0.277 e. The van der Waals surface area contributed by atoms with E-state index in [1.54, 1.807) is 0 Å². The van der Waals surface area contributed by atoms with Crippen LogP contribution >= 0.6 is 0 Å². The largest absolute Gasteiger partial charge is 0.331 e. The van der Waals surface area contributed by atoms with Crippen LogP contribution in [-0.2, 0) is 19.4 Å². The summed E-state index contributed by atoms with van der Waals surface area (Å²) in [5, 5.41) is 1.96. The van der Waals surface area contributed by atoms with Gasteiger partial charge in [0.2, 0.25) is 11.8 Å². The molecule has 0 aliphatic carbocycles. The maximum atomic E-state index is 11.4. The second-order valence-corrected chi connectivity index (χ2v) is 5.92.